The average Bonchev–Trinajstić information content (AvgIpc) is 3.07. The number of nitrogens with zero attached hydrogens (tertiary/aromatic N) is 1. The fourth-order valence-electron chi connectivity index (χ4n) is 3.94. The monoisotopic (exact) mass is 452 g/mol. The lowest BCUT2D eigenvalue weighted by Crippen LogP contribution is -3.05. The number of carbonyl (C=O) groups is 2. The molecule has 1 N–H and O–H groups in total. The van der Waals surface area contributed by atoms with Crippen LogP contribution in [0.5, 0.6) is 11.5 Å². The number of amides is 1. The second-order valence-corrected chi connectivity index (χ2v) is 8.43. The number of methoxy groups -OCH3 is 1. The Balaban J connectivity index is 2.07. The fourth-order valence-corrected chi connectivity index (χ4v) is 3.94. The van der Waals surface area contributed by atoms with Crippen LogP contribution >= 0.6 is 0 Å². The average molecular weight is 453 g/mol. The summed E-state index contributed by atoms with van der Waals surface area (Å²) in [6.07, 6.45) is 1.57. The minimum atomic E-state index is -0.748. The summed E-state index contributed by atoms with van der Waals surface area (Å²) in [6.45, 7) is 3.81. The van der Waals surface area contributed by atoms with Gasteiger partial charge in [0.05, 0.1) is 40.4 Å². The first kappa shape index (κ1) is 24.3. The molecule has 0 saturated carbocycles. The van der Waals surface area contributed by atoms with E-state index < -0.39 is 23.5 Å². The highest BCUT2D eigenvalue weighted by Crippen LogP contribution is 2.39. The van der Waals surface area contributed by atoms with E-state index >= 15 is 0 Å². The van der Waals surface area contributed by atoms with E-state index in [0.717, 1.165) is 13.0 Å². The highest BCUT2D eigenvalue weighted by atomic mass is 16.5. The van der Waals surface area contributed by atoms with Crippen molar-refractivity contribution in [3.8, 4) is 11.5 Å². The summed E-state index contributed by atoms with van der Waals surface area (Å²) in [5.41, 5.74) is 1.02. The van der Waals surface area contributed by atoms with Gasteiger partial charge in [0.2, 0.25) is 5.78 Å². The van der Waals surface area contributed by atoms with E-state index in [4.69, 9.17) is 9.47 Å². The number of hydrogen-bond donors (Lipinski definition) is 1. The van der Waals surface area contributed by atoms with E-state index in [0.29, 0.717) is 42.2 Å². The van der Waals surface area contributed by atoms with E-state index in [1.165, 1.54) is 9.80 Å². The lowest BCUT2D eigenvalue weighted by molar-refractivity contribution is -0.858. The van der Waals surface area contributed by atoms with Crippen LogP contribution < -0.4 is 19.5 Å². The maximum Gasteiger partial charge on any atom is 0.295 e. The molecular weight excluding hydrogens is 420 g/mol. The lowest BCUT2D eigenvalue weighted by Gasteiger charge is -2.28. The van der Waals surface area contributed by atoms with Crippen LogP contribution in [0, 0.1) is 0 Å². The number of benzene rings is 2. The van der Waals surface area contributed by atoms with Crippen molar-refractivity contribution in [2.24, 2.45) is 0 Å². The fraction of sp³-hybridized carbons (Fsp3) is 0.385. The van der Waals surface area contributed by atoms with E-state index in [1.807, 2.05) is 45.3 Å². The summed E-state index contributed by atoms with van der Waals surface area (Å²) in [6, 6.07) is 13.1. The molecule has 1 fully saturated rings. The van der Waals surface area contributed by atoms with Crippen molar-refractivity contribution in [2.45, 2.75) is 25.8 Å². The predicted octanol–water partition coefficient (Wildman–Crippen LogP) is 1.24. The standard InChI is InChI=1S/C26H32N2O5/c1-5-16-33-21-9-6-8-19(17-21)23-22(24(29)18-10-12-20(32-4)13-11-18)25(30)26(31)28(23)15-7-14-27(2)3/h6,8-13,17,23,29H,5,7,14-16H2,1-4H3. The predicted molar refractivity (Wildman–Crippen MR) is 124 cm³/mol. The quantitative estimate of drug-likeness (QED) is 0.333. The summed E-state index contributed by atoms with van der Waals surface area (Å²) >= 11 is 0. The van der Waals surface area contributed by atoms with Crippen molar-refractivity contribution >= 4 is 17.4 Å². The number of rotatable bonds is 10. The maximum absolute atomic E-state index is 13.5. The van der Waals surface area contributed by atoms with Crippen LogP contribution in [-0.4, -0.2) is 57.5 Å². The number of hydrogen-bond acceptors (Lipinski definition) is 5. The third-order valence-electron chi connectivity index (χ3n) is 5.60. The molecule has 7 heteroatoms. The van der Waals surface area contributed by atoms with Crippen molar-refractivity contribution < 1.29 is 29.1 Å². The highest BCUT2D eigenvalue weighted by Gasteiger charge is 2.44. The first-order chi connectivity index (χ1) is 15.9. The number of Topliss-reactive ketones (excluding diaryl/α,β-unsaturated/α-hetero) is 1. The van der Waals surface area contributed by atoms with Crippen LogP contribution in [0.3, 0.4) is 0 Å². The van der Waals surface area contributed by atoms with Crippen molar-refractivity contribution in [1.82, 2.24) is 4.90 Å². The molecule has 3 rings (SSSR count). The largest absolute Gasteiger partial charge is 0.872 e. The Morgan fingerprint density at radius 3 is 2.45 bits per heavy atom. The van der Waals surface area contributed by atoms with Crippen LogP contribution in [0.2, 0.25) is 0 Å². The summed E-state index contributed by atoms with van der Waals surface area (Å²) in [7, 11) is 5.61. The molecule has 0 spiro atoms. The molecule has 0 radical (unpaired) electrons. The SMILES string of the molecule is CCCOc1cccc(C2C(=C([O-])c3ccc(OC)cc3)C(=O)C(=O)N2CCC[NH+](C)C)c1. The molecule has 1 atom stereocenters. The number of nitrogens with one attached hydrogen (secondary N) is 1. The van der Waals surface area contributed by atoms with Gasteiger partial charge in [0.25, 0.3) is 5.91 Å². The zero-order valence-corrected chi connectivity index (χ0v) is 19.7. The molecule has 2 aromatic carbocycles. The molecule has 1 aliphatic rings. The zero-order valence-electron chi connectivity index (χ0n) is 19.7. The Morgan fingerprint density at radius 2 is 1.82 bits per heavy atom. The summed E-state index contributed by atoms with van der Waals surface area (Å²) < 4.78 is 10.9. The molecule has 1 amide bonds. The molecule has 176 valence electrons. The summed E-state index contributed by atoms with van der Waals surface area (Å²) in [5, 5.41) is 13.5. The zero-order chi connectivity index (χ0) is 24.0. The van der Waals surface area contributed by atoms with Gasteiger partial charge in [-0.05, 0) is 41.8 Å². The minimum absolute atomic E-state index is 0.0185. The number of likely N-dealkylation sites (tertiary alicyclic amines) is 1. The molecule has 33 heavy (non-hydrogen) atoms. The Bertz CT molecular complexity index is 1010. The Hall–Kier alpha value is -3.32. The Kier molecular flexibility index (Phi) is 8.11. The summed E-state index contributed by atoms with van der Waals surface area (Å²) in [5.74, 6) is -0.560. The number of quaternary nitrogens is 1. The van der Waals surface area contributed by atoms with Gasteiger partial charge in [-0.1, -0.05) is 36.9 Å². The number of ketones is 1. The third-order valence-corrected chi connectivity index (χ3v) is 5.60. The van der Waals surface area contributed by atoms with E-state index in [9.17, 15) is 14.7 Å². The molecule has 1 aliphatic heterocycles. The van der Waals surface area contributed by atoms with Crippen LogP contribution in [0.25, 0.3) is 5.76 Å². The Labute approximate surface area is 195 Å². The van der Waals surface area contributed by atoms with Gasteiger partial charge >= 0.3 is 0 Å². The molecule has 1 saturated heterocycles. The summed E-state index contributed by atoms with van der Waals surface area (Å²) in [4.78, 5) is 28.9. The van der Waals surface area contributed by atoms with Crippen molar-refractivity contribution in [3.63, 3.8) is 0 Å². The smallest absolute Gasteiger partial charge is 0.295 e. The second kappa shape index (κ2) is 11.0. The lowest BCUT2D eigenvalue weighted by atomic mass is 9.95. The van der Waals surface area contributed by atoms with Gasteiger partial charge in [0.15, 0.2) is 0 Å². The molecule has 0 aromatic heterocycles. The molecule has 0 aliphatic carbocycles. The van der Waals surface area contributed by atoms with Crippen LogP contribution in [-0.2, 0) is 9.59 Å². The van der Waals surface area contributed by atoms with Gasteiger partial charge in [-0.25, -0.2) is 0 Å². The molecular formula is C26H32N2O5. The molecule has 2 aromatic rings. The molecule has 1 unspecified atom stereocenters. The van der Waals surface area contributed by atoms with Crippen molar-refractivity contribution in [3.05, 3.63) is 65.2 Å². The number of ether oxygens (including phenoxy) is 2. The van der Waals surface area contributed by atoms with E-state index in [2.05, 4.69) is 0 Å². The number of carbonyl (C=O) groups excluding carboxylic acids is 2. The van der Waals surface area contributed by atoms with Crippen LogP contribution in [0.15, 0.2) is 54.1 Å². The van der Waals surface area contributed by atoms with E-state index in [-0.39, 0.29) is 5.57 Å². The van der Waals surface area contributed by atoms with Gasteiger partial charge < -0.3 is 24.4 Å². The van der Waals surface area contributed by atoms with Gasteiger partial charge in [-0.15, -0.1) is 0 Å². The third kappa shape index (κ3) is 5.54. The minimum Gasteiger partial charge on any atom is -0.872 e. The second-order valence-electron chi connectivity index (χ2n) is 8.43. The van der Waals surface area contributed by atoms with Gasteiger partial charge in [-0.3, -0.25) is 9.59 Å². The van der Waals surface area contributed by atoms with Gasteiger partial charge in [0, 0.05) is 18.5 Å². The van der Waals surface area contributed by atoms with Crippen molar-refractivity contribution in [1.29, 1.82) is 0 Å². The maximum atomic E-state index is 13.5. The molecule has 7 nitrogen and oxygen atoms in total. The Morgan fingerprint density at radius 1 is 1.09 bits per heavy atom. The first-order valence-corrected chi connectivity index (χ1v) is 11.3. The van der Waals surface area contributed by atoms with Gasteiger partial charge in [-0.2, -0.15) is 0 Å². The van der Waals surface area contributed by atoms with Gasteiger partial charge in [0.1, 0.15) is 11.5 Å². The van der Waals surface area contributed by atoms with Crippen molar-refractivity contribution in [2.75, 3.05) is 40.9 Å². The van der Waals surface area contributed by atoms with E-state index in [1.54, 1.807) is 31.4 Å². The topological polar surface area (TPSA) is 83.3 Å². The van der Waals surface area contributed by atoms with Crippen LogP contribution in [0.4, 0.5) is 0 Å². The highest BCUT2D eigenvalue weighted by molar-refractivity contribution is 6.46. The normalized spacial score (nSPS) is 17.6. The molecule has 1 heterocycles. The first-order valence-electron chi connectivity index (χ1n) is 11.3. The molecule has 0 bridgehead atoms. The van der Waals surface area contributed by atoms with Crippen LogP contribution in [0.1, 0.15) is 36.9 Å².